The first-order chi connectivity index (χ1) is 17.9. The van der Waals surface area contributed by atoms with Gasteiger partial charge in [0.25, 0.3) is 0 Å². The fourth-order valence-electron chi connectivity index (χ4n) is 4.15. The van der Waals surface area contributed by atoms with Crippen LogP contribution in [0.15, 0.2) is 53.1 Å². The number of rotatable bonds is 6. The molecule has 2 aromatic carbocycles. The zero-order chi connectivity index (χ0) is 27.5. The highest BCUT2D eigenvalue weighted by molar-refractivity contribution is 5.69. The number of alkyl halides is 3. The number of ether oxygens (including phenoxy) is 2. The largest absolute Gasteiger partial charge is 0.489 e. The number of hydrogen-bond donors (Lipinski definition) is 0. The van der Waals surface area contributed by atoms with Crippen LogP contribution in [0.3, 0.4) is 0 Å². The molecule has 0 N–H and O–H groups in total. The van der Waals surface area contributed by atoms with E-state index in [0.29, 0.717) is 19.4 Å². The maximum Gasteiger partial charge on any atom is 0.419 e. The van der Waals surface area contributed by atoms with Gasteiger partial charge in [-0.25, -0.2) is 4.79 Å². The average Bonchev–Trinajstić information content (AvgIpc) is 3.51. The van der Waals surface area contributed by atoms with Gasteiger partial charge in [0.05, 0.1) is 5.56 Å². The SMILES string of the molecule is Cc1ccccc1/C=C/COc1ccc(-c2noc([C@@H]3CCCN3C(=O)OC(C)(C)C)n2)cc1C(F)(F)F. The number of aromatic nitrogens is 2. The van der Waals surface area contributed by atoms with Crippen molar-refractivity contribution in [2.24, 2.45) is 0 Å². The second-order valence-electron chi connectivity index (χ2n) is 10.1. The van der Waals surface area contributed by atoms with Gasteiger partial charge >= 0.3 is 12.3 Å². The summed E-state index contributed by atoms with van der Waals surface area (Å²) in [5.74, 6) is -0.155. The molecule has 1 fully saturated rings. The van der Waals surface area contributed by atoms with E-state index >= 15 is 0 Å². The van der Waals surface area contributed by atoms with Crippen LogP contribution < -0.4 is 4.74 Å². The molecule has 202 valence electrons. The van der Waals surface area contributed by atoms with E-state index in [4.69, 9.17) is 14.0 Å². The molecule has 0 unspecified atom stereocenters. The van der Waals surface area contributed by atoms with Crippen LogP contribution in [0, 0.1) is 6.92 Å². The Morgan fingerprint density at radius 3 is 2.66 bits per heavy atom. The molecule has 7 nitrogen and oxygen atoms in total. The molecular formula is C28H30F3N3O4. The van der Waals surface area contributed by atoms with Crippen LogP contribution in [0.2, 0.25) is 0 Å². The summed E-state index contributed by atoms with van der Waals surface area (Å²) in [5, 5.41) is 3.89. The van der Waals surface area contributed by atoms with Crippen molar-refractivity contribution in [1.29, 1.82) is 0 Å². The van der Waals surface area contributed by atoms with E-state index in [2.05, 4.69) is 10.1 Å². The number of nitrogens with zero attached hydrogens (tertiary/aromatic N) is 3. The second kappa shape index (κ2) is 10.9. The number of carbonyl (C=O) groups is 1. The molecule has 4 rings (SSSR count). The zero-order valence-corrected chi connectivity index (χ0v) is 21.7. The lowest BCUT2D eigenvalue weighted by molar-refractivity contribution is -0.138. The smallest absolute Gasteiger partial charge is 0.419 e. The summed E-state index contributed by atoms with van der Waals surface area (Å²) in [5.41, 5.74) is 0.523. The Hall–Kier alpha value is -3.82. The summed E-state index contributed by atoms with van der Waals surface area (Å²) in [6.07, 6.45) is -0.392. The zero-order valence-electron chi connectivity index (χ0n) is 21.7. The van der Waals surface area contributed by atoms with Crippen molar-refractivity contribution in [3.8, 4) is 17.1 Å². The van der Waals surface area contributed by atoms with Crippen LogP contribution in [0.1, 0.15) is 62.2 Å². The van der Waals surface area contributed by atoms with Gasteiger partial charge in [-0.1, -0.05) is 35.5 Å². The van der Waals surface area contributed by atoms with Gasteiger partial charge in [0.15, 0.2) is 0 Å². The van der Waals surface area contributed by atoms with Crippen LogP contribution in [0.4, 0.5) is 18.0 Å². The molecular weight excluding hydrogens is 499 g/mol. The molecule has 3 aromatic rings. The molecule has 0 spiro atoms. The van der Waals surface area contributed by atoms with E-state index in [1.54, 1.807) is 32.9 Å². The van der Waals surface area contributed by atoms with E-state index in [1.165, 1.54) is 17.0 Å². The van der Waals surface area contributed by atoms with E-state index in [0.717, 1.165) is 17.2 Å². The summed E-state index contributed by atoms with van der Waals surface area (Å²) < 4.78 is 57.9. The molecule has 1 aromatic heterocycles. The minimum Gasteiger partial charge on any atom is -0.489 e. The molecule has 1 amide bonds. The van der Waals surface area contributed by atoms with Crippen molar-refractivity contribution in [2.45, 2.75) is 58.4 Å². The Labute approximate surface area is 219 Å². The summed E-state index contributed by atoms with van der Waals surface area (Å²) in [7, 11) is 0. The highest BCUT2D eigenvalue weighted by Crippen LogP contribution is 2.39. The first-order valence-corrected chi connectivity index (χ1v) is 12.3. The van der Waals surface area contributed by atoms with Gasteiger partial charge in [0.2, 0.25) is 11.7 Å². The highest BCUT2D eigenvalue weighted by Gasteiger charge is 2.38. The van der Waals surface area contributed by atoms with Crippen LogP contribution in [0.5, 0.6) is 5.75 Å². The lowest BCUT2D eigenvalue weighted by Gasteiger charge is -2.26. The fraction of sp³-hybridized carbons (Fsp3) is 0.393. The van der Waals surface area contributed by atoms with Crippen molar-refractivity contribution < 1.29 is 32.0 Å². The first-order valence-electron chi connectivity index (χ1n) is 12.3. The molecule has 2 heterocycles. The Bertz CT molecular complexity index is 1310. The second-order valence-corrected chi connectivity index (χ2v) is 10.1. The topological polar surface area (TPSA) is 77.7 Å². The van der Waals surface area contributed by atoms with Crippen molar-refractivity contribution in [1.82, 2.24) is 15.0 Å². The van der Waals surface area contributed by atoms with E-state index in [1.807, 2.05) is 31.2 Å². The summed E-state index contributed by atoms with van der Waals surface area (Å²) in [6, 6.07) is 10.8. The number of hydrogen-bond acceptors (Lipinski definition) is 6. The predicted molar refractivity (Wildman–Crippen MR) is 135 cm³/mol. The molecule has 1 aliphatic heterocycles. The lowest BCUT2D eigenvalue weighted by atomic mass is 10.1. The lowest BCUT2D eigenvalue weighted by Crippen LogP contribution is -2.36. The molecule has 38 heavy (non-hydrogen) atoms. The molecule has 1 saturated heterocycles. The Morgan fingerprint density at radius 2 is 1.95 bits per heavy atom. The fourth-order valence-corrected chi connectivity index (χ4v) is 4.15. The van der Waals surface area contributed by atoms with Gasteiger partial charge in [-0.15, -0.1) is 0 Å². The van der Waals surface area contributed by atoms with Gasteiger partial charge in [0.1, 0.15) is 24.0 Å². The van der Waals surface area contributed by atoms with Crippen molar-refractivity contribution in [2.75, 3.05) is 13.2 Å². The average molecular weight is 530 g/mol. The summed E-state index contributed by atoms with van der Waals surface area (Å²) >= 11 is 0. The minimum atomic E-state index is -4.66. The van der Waals surface area contributed by atoms with Crippen molar-refractivity contribution >= 4 is 12.2 Å². The van der Waals surface area contributed by atoms with Crippen molar-refractivity contribution in [3.63, 3.8) is 0 Å². The van der Waals surface area contributed by atoms with Crippen molar-refractivity contribution in [3.05, 3.63) is 71.1 Å². The Balaban J connectivity index is 1.51. The van der Waals surface area contributed by atoms with Gasteiger partial charge in [0, 0.05) is 12.1 Å². The maximum atomic E-state index is 13.9. The highest BCUT2D eigenvalue weighted by atomic mass is 19.4. The number of benzene rings is 2. The third-order valence-electron chi connectivity index (χ3n) is 5.97. The Kier molecular flexibility index (Phi) is 7.80. The van der Waals surface area contributed by atoms with Gasteiger partial charge < -0.3 is 14.0 Å². The van der Waals surface area contributed by atoms with E-state index < -0.39 is 29.5 Å². The quantitative estimate of drug-likeness (QED) is 0.335. The van der Waals surface area contributed by atoms with E-state index in [9.17, 15) is 18.0 Å². The number of amides is 1. The van der Waals surface area contributed by atoms with Gasteiger partial charge in [-0.3, -0.25) is 4.90 Å². The molecule has 10 heteroatoms. The molecule has 0 aliphatic carbocycles. The monoisotopic (exact) mass is 529 g/mol. The predicted octanol–water partition coefficient (Wildman–Crippen LogP) is 7.23. The molecule has 0 saturated carbocycles. The molecule has 1 atom stereocenters. The van der Waals surface area contributed by atoms with Gasteiger partial charge in [-0.05, 0) is 75.9 Å². The minimum absolute atomic E-state index is 0.00691. The van der Waals surface area contributed by atoms with Crippen LogP contribution in [-0.2, 0) is 10.9 Å². The molecule has 0 bridgehead atoms. The van der Waals surface area contributed by atoms with Crippen LogP contribution >= 0.6 is 0 Å². The summed E-state index contributed by atoms with van der Waals surface area (Å²) in [6.45, 7) is 7.68. The third-order valence-corrected chi connectivity index (χ3v) is 5.97. The number of likely N-dealkylation sites (tertiary alicyclic amines) is 1. The number of halogens is 3. The normalized spacial score (nSPS) is 16.3. The van der Waals surface area contributed by atoms with E-state index in [-0.39, 0.29) is 29.6 Å². The number of carbonyl (C=O) groups excluding carboxylic acids is 1. The standard InChI is InChI=1S/C28H30F3N3O4/c1-18-9-5-6-10-19(18)11-8-16-36-23-14-13-20(17-21(23)28(29,30)31)24-32-25(38-33-24)22-12-7-15-34(22)26(35)37-27(2,3)4/h5-6,8-11,13-14,17,22H,7,12,15-16H2,1-4H3/b11-8+/t22-/m0/s1. The van der Waals surface area contributed by atoms with Crippen LogP contribution in [0.25, 0.3) is 17.5 Å². The number of aryl methyl sites for hydroxylation is 1. The van der Waals surface area contributed by atoms with Crippen LogP contribution in [-0.4, -0.2) is 39.9 Å². The maximum absolute atomic E-state index is 13.9. The Morgan fingerprint density at radius 1 is 1.18 bits per heavy atom. The molecule has 1 aliphatic rings. The van der Waals surface area contributed by atoms with Gasteiger partial charge in [-0.2, -0.15) is 18.2 Å². The summed E-state index contributed by atoms with van der Waals surface area (Å²) in [4.78, 5) is 18.4. The first kappa shape index (κ1) is 27.2. The third kappa shape index (κ3) is 6.54. The molecule has 0 radical (unpaired) electrons.